The third-order valence-electron chi connectivity index (χ3n) is 4.14. The van der Waals surface area contributed by atoms with Gasteiger partial charge in [0.2, 0.25) is 11.9 Å². The molecule has 0 aliphatic rings. The second kappa shape index (κ2) is 8.18. The molecule has 0 fully saturated rings. The average Bonchev–Trinajstić information content (AvgIpc) is 2.72. The van der Waals surface area contributed by atoms with Crippen molar-refractivity contribution in [3.05, 3.63) is 66.0 Å². The largest absolute Gasteiger partial charge is 0.368 e. The van der Waals surface area contributed by atoms with Crippen molar-refractivity contribution in [3.63, 3.8) is 0 Å². The van der Waals surface area contributed by atoms with Gasteiger partial charge < -0.3 is 15.5 Å². The summed E-state index contributed by atoms with van der Waals surface area (Å²) in [6.07, 6.45) is 1.74. The fourth-order valence-corrected chi connectivity index (χ4v) is 2.61. The van der Waals surface area contributed by atoms with E-state index < -0.39 is 0 Å². The van der Waals surface area contributed by atoms with E-state index in [2.05, 4.69) is 38.1 Å². The van der Waals surface area contributed by atoms with Crippen LogP contribution in [0.3, 0.4) is 0 Å². The Balaban J connectivity index is 1.89. The van der Waals surface area contributed by atoms with Crippen molar-refractivity contribution in [1.29, 1.82) is 5.26 Å². The maximum atomic E-state index is 9.57. The quantitative estimate of drug-likeness (QED) is 0.687. The van der Waals surface area contributed by atoms with Gasteiger partial charge in [0, 0.05) is 32.5 Å². The van der Waals surface area contributed by atoms with E-state index >= 15 is 0 Å². The third-order valence-corrected chi connectivity index (χ3v) is 4.14. The Kier molecular flexibility index (Phi) is 5.51. The smallest absolute Gasteiger partial charge is 0.230 e. The summed E-state index contributed by atoms with van der Waals surface area (Å²) < 4.78 is 0. The first-order valence-electron chi connectivity index (χ1n) is 8.68. The fraction of sp³-hybridized carbons (Fsp3) is 0.143. The number of allylic oxidation sites excluding steroid dienone is 1. The molecule has 140 valence electrons. The van der Waals surface area contributed by atoms with Gasteiger partial charge in [0.15, 0.2) is 5.82 Å². The number of anilines is 4. The number of nitriles is 1. The summed E-state index contributed by atoms with van der Waals surface area (Å²) in [5.41, 5.74) is 9.09. The molecule has 2 aromatic carbocycles. The lowest BCUT2D eigenvalue weighted by atomic mass is 10.1. The number of para-hydroxylation sites is 1. The predicted molar refractivity (Wildman–Crippen MR) is 113 cm³/mol. The molecule has 0 unspecified atom stereocenters. The molecule has 3 aromatic rings. The molecular weight excluding hydrogens is 350 g/mol. The Hall–Kier alpha value is -3.92. The molecule has 0 radical (unpaired) electrons. The van der Waals surface area contributed by atoms with Crippen LogP contribution >= 0.6 is 0 Å². The minimum atomic E-state index is 0.0784. The zero-order valence-corrected chi connectivity index (χ0v) is 16.0. The van der Waals surface area contributed by atoms with Gasteiger partial charge in [-0.2, -0.15) is 20.2 Å². The molecule has 28 heavy (non-hydrogen) atoms. The van der Waals surface area contributed by atoms with E-state index in [4.69, 9.17) is 5.73 Å². The van der Waals surface area contributed by atoms with Crippen molar-refractivity contribution in [2.45, 2.75) is 0 Å². The first-order valence-corrected chi connectivity index (χ1v) is 8.68. The normalized spacial score (nSPS) is 11.0. The van der Waals surface area contributed by atoms with E-state index in [-0.39, 0.29) is 11.8 Å². The number of hydrogen-bond acceptors (Lipinski definition) is 7. The highest BCUT2D eigenvalue weighted by molar-refractivity contribution is 5.87. The highest BCUT2D eigenvalue weighted by Gasteiger charge is 2.11. The monoisotopic (exact) mass is 371 g/mol. The molecule has 2 N–H and O–H groups in total. The Bertz CT molecular complexity index is 1020. The Morgan fingerprint density at radius 1 is 0.929 bits per heavy atom. The molecule has 1 heterocycles. The van der Waals surface area contributed by atoms with Crippen LogP contribution < -0.4 is 15.5 Å². The maximum Gasteiger partial charge on any atom is 0.230 e. The molecule has 0 saturated heterocycles. The van der Waals surface area contributed by atoms with Crippen molar-refractivity contribution < 1.29 is 0 Å². The molecule has 0 bridgehead atoms. The van der Waals surface area contributed by atoms with Crippen LogP contribution in [0.15, 0.2) is 54.6 Å². The summed E-state index contributed by atoms with van der Waals surface area (Å²) in [5, 5.41) is 9.57. The van der Waals surface area contributed by atoms with Crippen LogP contribution in [0.2, 0.25) is 0 Å². The molecule has 7 heteroatoms. The van der Waals surface area contributed by atoms with E-state index in [0.717, 1.165) is 16.9 Å². The molecule has 7 nitrogen and oxygen atoms in total. The van der Waals surface area contributed by atoms with Gasteiger partial charge in [-0.3, -0.25) is 0 Å². The lowest BCUT2D eigenvalue weighted by Gasteiger charge is -2.19. The highest BCUT2D eigenvalue weighted by atomic mass is 15.3. The minimum Gasteiger partial charge on any atom is -0.368 e. The summed E-state index contributed by atoms with van der Waals surface area (Å²) in [4.78, 5) is 16.3. The summed E-state index contributed by atoms with van der Waals surface area (Å²) >= 11 is 0. The van der Waals surface area contributed by atoms with E-state index in [9.17, 15) is 5.26 Å². The van der Waals surface area contributed by atoms with Gasteiger partial charge in [-0.25, -0.2) is 0 Å². The number of rotatable bonds is 5. The van der Waals surface area contributed by atoms with Gasteiger partial charge in [-0.15, -0.1) is 0 Å². The number of nitrogens with zero attached hydrogens (tertiary/aromatic N) is 6. The Labute approximate surface area is 164 Å². The lowest BCUT2D eigenvalue weighted by Crippen LogP contribution is -2.15. The zero-order valence-electron chi connectivity index (χ0n) is 16.0. The first-order chi connectivity index (χ1) is 13.5. The van der Waals surface area contributed by atoms with E-state index in [0.29, 0.717) is 11.5 Å². The molecule has 0 spiro atoms. The van der Waals surface area contributed by atoms with Crippen molar-refractivity contribution in [2.24, 2.45) is 0 Å². The van der Waals surface area contributed by atoms with Crippen LogP contribution in [0.5, 0.6) is 0 Å². The first kappa shape index (κ1) is 18.9. The number of benzene rings is 2. The molecule has 0 saturated carbocycles. The van der Waals surface area contributed by atoms with Crippen LogP contribution in [-0.4, -0.2) is 36.1 Å². The van der Waals surface area contributed by atoms with Crippen LogP contribution in [0.1, 0.15) is 11.4 Å². The van der Waals surface area contributed by atoms with Crippen molar-refractivity contribution in [1.82, 2.24) is 15.0 Å². The number of aromatic nitrogens is 3. The average molecular weight is 371 g/mol. The molecule has 0 aliphatic heterocycles. The standard InChI is InChI=1S/C21H21N7/c1-27(2)21-25-19(24-20(23)26-21)16(14-22)13-15-9-11-18(12-10-15)28(3)17-7-5-4-6-8-17/h4-13H,1-3H3,(H2,23,24,25,26)/b16-13+. The molecule has 0 amide bonds. The molecule has 0 aliphatic carbocycles. The minimum absolute atomic E-state index is 0.0784. The zero-order chi connectivity index (χ0) is 20.1. The van der Waals surface area contributed by atoms with E-state index in [1.165, 1.54) is 0 Å². The van der Waals surface area contributed by atoms with Gasteiger partial charge >= 0.3 is 0 Å². The fourth-order valence-electron chi connectivity index (χ4n) is 2.61. The van der Waals surface area contributed by atoms with Crippen LogP contribution in [0.4, 0.5) is 23.3 Å². The van der Waals surface area contributed by atoms with Crippen LogP contribution in [0, 0.1) is 11.3 Å². The molecule has 0 atom stereocenters. The summed E-state index contributed by atoms with van der Waals surface area (Å²) in [5.74, 6) is 0.738. The van der Waals surface area contributed by atoms with Gasteiger partial charge in [0.25, 0.3) is 0 Å². The van der Waals surface area contributed by atoms with Crippen molar-refractivity contribution in [3.8, 4) is 6.07 Å². The second-order valence-corrected chi connectivity index (χ2v) is 6.37. The number of hydrogen-bond donors (Lipinski definition) is 1. The van der Waals surface area contributed by atoms with Gasteiger partial charge in [-0.1, -0.05) is 30.3 Å². The second-order valence-electron chi connectivity index (χ2n) is 6.37. The summed E-state index contributed by atoms with van der Waals surface area (Å²) in [6.45, 7) is 0. The SMILES string of the molecule is CN(C)c1nc(N)nc(/C(C#N)=C/c2ccc(N(C)c3ccccc3)cc2)n1. The topological polar surface area (TPSA) is 95.0 Å². The predicted octanol–water partition coefficient (Wildman–Crippen LogP) is 3.35. The van der Waals surface area contributed by atoms with Crippen LogP contribution in [0.25, 0.3) is 11.6 Å². The van der Waals surface area contributed by atoms with E-state index in [1.807, 2.05) is 49.5 Å². The van der Waals surface area contributed by atoms with Gasteiger partial charge in [0.05, 0.1) is 5.57 Å². The van der Waals surface area contributed by atoms with Crippen molar-refractivity contribution >= 4 is 34.9 Å². The summed E-state index contributed by atoms with van der Waals surface area (Å²) in [7, 11) is 5.61. The Morgan fingerprint density at radius 2 is 1.57 bits per heavy atom. The number of nitrogen functional groups attached to an aromatic ring is 1. The molecular formula is C21H21N7. The number of nitrogens with two attached hydrogens (primary N) is 1. The molecule has 3 rings (SSSR count). The Morgan fingerprint density at radius 3 is 2.18 bits per heavy atom. The van der Waals surface area contributed by atoms with Gasteiger partial charge in [-0.05, 0) is 35.9 Å². The summed E-state index contributed by atoms with van der Waals surface area (Å²) in [6, 6.07) is 20.1. The maximum absolute atomic E-state index is 9.57. The van der Waals surface area contributed by atoms with E-state index in [1.54, 1.807) is 25.1 Å². The van der Waals surface area contributed by atoms with Crippen molar-refractivity contribution in [2.75, 3.05) is 36.7 Å². The molecule has 1 aromatic heterocycles. The lowest BCUT2D eigenvalue weighted by molar-refractivity contribution is 0.952. The third kappa shape index (κ3) is 4.24. The van der Waals surface area contributed by atoms with Crippen LogP contribution in [-0.2, 0) is 0 Å². The van der Waals surface area contributed by atoms with Gasteiger partial charge in [0.1, 0.15) is 6.07 Å². The highest BCUT2D eigenvalue weighted by Crippen LogP contribution is 2.24.